The number of carbonyl (C=O) groups excluding carboxylic acids is 1. The topological polar surface area (TPSA) is 42.2 Å². The van der Waals surface area contributed by atoms with Crippen molar-refractivity contribution in [1.29, 1.82) is 0 Å². The van der Waals surface area contributed by atoms with Gasteiger partial charge in [-0.15, -0.1) is 0 Å². The Kier molecular flexibility index (Phi) is 3.87. The maximum absolute atomic E-state index is 11.4. The highest BCUT2D eigenvalue weighted by molar-refractivity contribution is 9.10. The van der Waals surface area contributed by atoms with Crippen molar-refractivity contribution in [2.24, 2.45) is 0 Å². The molecule has 18 heavy (non-hydrogen) atoms. The van der Waals surface area contributed by atoms with Crippen LogP contribution in [-0.4, -0.2) is 11.9 Å². The van der Waals surface area contributed by atoms with Crippen LogP contribution >= 0.6 is 15.9 Å². The minimum atomic E-state index is -0.119. The van der Waals surface area contributed by atoms with E-state index < -0.39 is 0 Å². The molecule has 0 spiro atoms. The molecule has 1 N–H and O–H groups in total. The molecule has 0 atom stereocenters. The molecule has 2 aromatic rings. The first-order valence-corrected chi connectivity index (χ1v) is 6.51. The SMILES string of the molecule is CC(C)NC(=O)C=Cc1cc2cc(Br)ccc2o1. The number of halogens is 1. The number of rotatable bonds is 3. The number of amides is 1. The average molecular weight is 308 g/mol. The number of carbonyl (C=O) groups is 1. The Balaban J connectivity index is 2.17. The summed E-state index contributed by atoms with van der Waals surface area (Å²) in [5.74, 6) is 0.550. The van der Waals surface area contributed by atoms with Crippen molar-refractivity contribution in [3.8, 4) is 0 Å². The molecule has 1 heterocycles. The van der Waals surface area contributed by atoms with Gasteiger partial charge in [0.15, 0.2) is 0 Å². The van der Waals surface area contributed by atoms with Gasteiger partial charge in [-0.2, -0.15) is 0 Å². The molecule has 1 amide bonds. The van der Waals surface area contributed by atoms with Gasteiger partial charge in [0.2, 0.25) is 5.91 Å². The molecule has 1 aromatic heterocycles. The first kappa shape index (κ1) is 12.9. The Hall–Kier alpha value is -1.55. The molecule has 0 saturated carbocycles. The molecule has 0 aliphatic rings. The van der Waals surface area contributed by atoms with Crippen LogP contribution in [0.5, 0.6) is 0 Å². The van der Waals surface area contributed by atoms with Gasteiger partial charge in [0.1, 0.15) is 11.3 Å². The van der Waals surface area contributed by atoms with Gasteiger partial charge in [0.25, 0.3) is 0 Å². The molecule has 0 saturated heterocycles. The molecule has 0 fully saturated rings. The third-order valence-corrected chi connectivity index (χ3v) is 2.82. The van der Waals surface area contributed by atoms with Crippen LogP contribution in [0.15, 0.2) is 39.2 Å². The average Bonchev–Trinajstić information content (AvgIpc) is 2.67. The fourth-order valence-corrected chi connectivity index (χ4v) is 1.99. The first-order chi connectivity index (χ1) is 8.54. The summed E-state index contributed by atoms with van der Waals surface area (Å²) in [5, 5.41) is 3.79. The molecular weight excluding hydrogens is 294 g/mol. The molecular formula is C14H14BrNO2. The van der Waals surface area contributed by atoms with Crippen molar-refractivity contribution in [3.05, 3.63) is 40.6 Å². The Morgan fingerprint density at radius 1 is 1.39 bits per heavy atom. The van der Waals surface area contributed by atoms with E-state index in [-0.39, 0.29) is 11.9 Å². The van der Waals surface area contributed by atoms with Gasteiger partial charge in [-0.3, -0.25) is 4.79 Å². The molecule has 0 aliphatic carbocycles. The van der Waals surface area contributed by atoms with Crippen molar-refractivity contribution in [2.45, 2.75) is 19.9 Å². The predicted molar refractivity (Wildman–Crippen MR) is 76.2 cm³/mol. The van der Waals surface area contributed by atoms with Crippen molar-refractivity contribution in [2.75, 3.05) is 0 Å². The highest BCUT2D eigenvalue weighted by Crippen LogP contribution is 2.23. The fraction of sp³-hybridized carbons (Fsp3) is 0.214. The van der Waals surface area contributed by atoms with Crippen LogP contribution in [0.3, 0.4) is 0 Å². The monoisotopic (exact) mass is 307 g/mol. The zero-order chi connectivity index (χ0) is 13.1. The number of furan rings is 1. The van der Waals surface area contributed by atoms with Crippen molar-refractivity contribution >= 4 is 38.9 Å². The third-order valence-electron chi connectivity index (χ3n) is 2.33. The summed E-state index contributed by atoms with van der Waals surface area (Å²) in [6.07, 6.45) is 3.15. The maximum atomic E-state index is 11.4. The van der Waals surface area contributed by atoms with E-state index in [1.807, 2.05) is 38.1 Å². The highest BCUT2D eigenvalue weighted by atomic mass is 79.9. The number of nitrogens with one attached hydrogen (secondary N) is 1. The summed E-state index contributed by atoms with van der Waals surface area (Å²) in [4.78, 5) is 11.4. The van der Waals surface area contributed by atoms with Gasteiger partial charge < -0.3 is 9.73 Å². The van der Waals surface area contributed by atoms with Crippen LogP contribution in [-0.2, 0) is 4.79 Å². The highest BCUT2D eigenvalue weighted by Gasteiger charge is 2.03. The zero-order valence-electron chi connectivity index (χ0n) is 10.2. The molecule has 0 bridgehead atoms. The minimum Gasteiger partial charge on any atom is -0.457 e. The Morgan fingerprint density at radius 2 is 2.17 bits per heavy atom. The quantitative estimate of drug-likeness (QED) is 0.878. The Labute approximate surface area is 114 Å². The molecule has 0 aliphatic heterocycles. The lowest BCUT2D eigenvalue weighted by molar-refractivity contribution is -0.116. The molecule has 0 radical (unpaired) electrons. The number of hydrogen-bond acceptors (Lipinski definition) is 2. The van der Waals surface area contributed by atoms with E-state index in [1.54, 1.807) is 6.08 Å². The molecule has 2 rings (SSSR count). The lowest BCUT2D eigenvalue weighted by atomic mass is 10.2. The summed E-state index contributed by atoms with van der Waals surface area (Å²) in [6.45, 7) is 3.84. The fourth-order valence-electron chi connectivity index (χ4n) is 1.61. The summed E-state index contributed by atoms with van der Waals surface area (Å²) in [7, 11) is 0. The van der Waals surface area contributed by atoms with Gasteiger partial charge in [0, 0.05) is 22.0 Å². The van der Waals surface area contributed by atoms with Crippen molar-refractivity contribution in [3.63, 3.8) is 0 Å². The maximum Gasteiger partial charge on any atom is 0.244 e. The standard InChI is InChI=1S/C14H14BrNO2/c1-9(2)16-14(17)6-4-12-8-10-7-11(15)3-5-13(10)18-12/h3-9H,1-2H3,(H,16,17). The van der Waals surface area contributed by atoms with E-state index in [0.29, 0.717) is 5.76 Å². The van der Waals surface area contributed by atoms with Gasteiger partial charge >= 0.3 is 0 Å². The van der Waals surface area contributed by atoms with Crippen molar-refractivity contribution < 1.29 is 9.21 Å². The molecule has 3 nitrogen and oxygen atoms in total. The third kappa shape index (κ3) is 3.23. The molecule has 4 heteroatoms. The second-order valence-electron chi connectivity index (χ2n) is 4.33. The van der Waals surface area contributed by atoms with E-state index in [4.69, 9.17) is 4.42 Å². The van der Waals surface area contributed by atoms with Crippen LogP contribution < -0.4 is 5.32 Å². The second-order valence-corrected chi connectivity index (χ2v) is 5.24. The number of hydrogen-bond donors (Lipinski definition) is 1. The van der Waals surface area contributed by atoms with Gasteiger partial charge in [0.05, 0.1) is 0 Å². The van der Waals surface area contributed by atoms with E-state index in [0.717, 1.165) is 15.4 Å². The van der Waals surface area contributed by atoms with Crippen LogP contribution in [0.2, 0.25) is 0 Å². The summed E-state index contributed by atoms with van der Waals surface area (Å²) in [5.41, 5.74) is 0.808. The van der Waals surface area contributed by atoms with Gasteiger partial charge in [-0.05, 0) is 44.2 Å². The van der Waals surface area contributed by atoms with Crippen LogP contribution in [0.4, 0.5) is 0 Å². The molecule has 1 aromatic carbocycles. The van der Waals surface area contributed by atoms with E-state index in [1.165, 1.54) is 6.08 Å². The Morgan fingerprint density at radius 3 is 2.89 bits per heavy atom. The van der Waals surface area contributed by atoms with Crippen LogP contribution in [0.1, 0.15) is 19.6 Å². The predicted octanol–water partition coefficient (Wildman–Crippen LogP) is 3.73. The second kappa shape index (κ2) is 5.40. The van der Waals surface area contributed by atoms with E-state index >= 15 is 0 Å². The normalized spacial score (nSPS) is 11.6. The van der Waals surface area contributed by atoms with Gasteiger partial charge in [-0.25, -0.2) is 0 Å². The lowest BCUT2D eigenvalue weighted by Gasteiger charge is -2.03. The number of benzene rings is 1. The largest absolute Gasteiger partial charge is 0.457 e. The summed E-state index contributed by atoms with van der Waals surface area (Å²) < 4.78 is 6.59. The van der Waals surface area contributed by atoms with Crippen LogP contribution in [0, 0.1) is 0 Å². The first-order valence-electron chi connectivity index (χ1n) is 5.72. The lowest BCUT2D eigenvalue weighted by Crippen LogP contribution is -2.28. The van der Waals surface area contributed by atoms with E-state index in [2.05, 4.69) is 21.2 Å². The molecule has 0 unspecified atom stereocenters. The smallest absolute Gasteiger partial charge is 0.244 e. The molecule has 94 valence electrons. The Bertz CT molecular complexity index is 599. The summed E-state index contributed by atoms with van der Waals surface area (Å²) >= 11 is 3.41. The zero-order valence-corrected chi connectivity index (χ0v) is 11.8. The number of fused-ring (bicyclic) bond motifs is 1. The van der Waals surface area contributed by atoms with Crippen molar-refractivity contribution in [1.82, 2.24) is 5.32 Å². The van der Waals surface area contributed by atoms with E-state index in [9.17, 15) is 4.79 Å². The summed E-state index contributed by atoms with van der Waals surface area (Å²) in [6, 6.07) is 7.83. The van der Waals surface area contributed by atoms with Gasteiger partial charge in [-0.1, -0.05) is 15.9 Å². The minimum absolute atomic E-state index is 0.119. The van der Waals surface area contributed by atoms with Crippen LogP contribution in [0.25, 0.3) is 17.0 Å².